The van der Waals surface area contributed by atoms with E-state index in [0.29, 0.717) is 18.8 Å². The lowest BCUT2D eigenvalue weighted by atomic mass is 9.96. The molecule has 7 nitrogen and oxygen atoms in total. The predicted molar refractivity (Wildman–Crippen MR) is 108 cm³/mol. The molecule has 0 aliphatic carbocycles. The molecule has 0 unspecified atom stereocenters. The highest BCUT2D eigenvalue weighted by Gasteiger charge is 2.27. The zero-order valence-electron chi connectivity index (χ0n) is 15.8. The standard InChI is InChI=1S/C22H20N6O/c29-22(19-14-23-10-11-24-19)27-12-8-17(9-13-27)21-25-20-7-6-18(15-28(20)26-21)16-4-2-1-3-5-16/h1-7,10-11,14-15,17H,8-9,12-13H2. The van der Waals surface area contributed by atoms with E-state index < -0.39 is 0 Å². The third-order valence-electron chi connectivity index (χ3n) is 5.38. The number of nitrogens with zero attached hydrogens (tertiary/aromatic N) is 6. The number of fused-ring (bicyclic) bond motifs is 1. The minimum atomic E-state index is -0.0630. The summed E-state index contributed by atoms with van der Waals surface area (Å²) >= 11 is 0. The number of amides is 1. The summed E-state index contributed by atoms with van der Waals surface area (Å²) in [6.45, 7) is 1.34. The van der Waals surface area contributed by atoms with Crippen molar-refractivity contribution in [2.75, 3.05) is 13.1 Å². The fourth-order valence-electron chi connectivity index (χ4n) is 3.79. The summed E-state index contributed by atoms with van der Waals surface area (Å²) < 4.78 is 1.86. The molecule has 1 aromatic carbocycles. The van der Waals surface area contributed by atoms with Crippen LogP contribution in [0.1, 0.15) is 35.1 Å². The van der Waals surface area contributed by atoms with E-state index in [1.807, 2.05) is 39.9 Å². The Hall–Kier alpha value is -3.61. The normalized spacial score (nSPS) is 15.0. The highest BCUT2D eigenvalue weighted by Crippen LogP contribution is 2.27. The number of hydrogen-bond acceptors (Lipinski definition) is 5. The van der Waals surface area contributed by atoms with Crippen molar-refractivity contribution in [3.63, 3.8) is 0 Å². The Morgan fingerprint density at radius 3 is 2.55 bits per heavy atom. The molecular weight excluding hydrogens is 364 g/mol. The fourth-order valence-corrected chi connectivity index (χ4v) is 3.79. The van der Waals surface area contributed by atoms with E-state index >= 15 is 0 Å². The molecule has 1 fully saturated rings. The van der Waals surface area contributed by atoms with Gasteiger partial charge in [-0.3, -0.25) is 9.78 Å². The van der Waals surface area contributed by atoms with Crippen molar-refractivity contribution in [2.45, 2.75) is 18.8 Å². The van der Waals surface area contributed by atoms with E-state index in [4.69, 9.17) is 10.1 Å². The number of hydrogen-bond donors (Lipinski definition) is 0. The molecule has 0 radical (unpaired) electrons. The van der Waals surface area contributed by atoms with Crippen LogP contribution in [0.25, 0.3) is 16.8 Å². The molecule has 0 bridgehead atoms. The van der Waals surface area contributed by atoms with Gasteiger partial charge in [0.15, 0.2) is 11.5 Å². The highest BCUT2D eigenvalue weighted by atomic mass is 16.2. The second kappa shape index (κ2) is 7.43. The van der Waals surface area contributed by atoms with E-state index in [1.54, 1.807) is 12.4 Å². The first-order valence-electron chi connectivity index (χ1n) is 9.75. The summed E-state index contributed by atoms with van der Waals surface area (Å²) in [6, 6.07) is 14.3. The fraction of sp³-hybridized carbons (Fsp3) is 0.227. The molecule has 4 aromatic rings. The van der Waals surface area contributed by atoms with Crippen molar-refractivity contribution >= 4 is 11.6 Å². The van der Waals surface area contributed by atoms with Gasteiger partial charge >= 0.3 is 0 Å². The molecule has 0 saturated carbocycles. The SMILES string of the molecule is O=C(c1cnccn1)N1CCC(c2nc3ccc(-c4ccccc4)cn3n2)CC1. The van der Waals surface area contributed by atoms with Gasteiger partial charge in [0.25, 0.3) is 5.91 Å². The molecule has 29 heavy (non-hydrogen) atoms. The minimum Gasteiger partial charge on any atom is -0.337 e. The largest absolute Gasteiger partial charge is 0.337 e. The number of aromatic nitrogens is 5. The van der Waals surface area contributed by atoms with Crippen molar-refractivity contribution in [1.82, 2.24) is 29.5 Å². The van der Waals surface area contributed by atoms with Crippen LogP contribution in [0.4, 0.5) is 0 Å². The highest BCUT2D eigenvalue weighted by molar-refractivity contribution is 5.92. The van der Waals surface area contributed by atoms with Gasteiger partial charge in [0.2, 0.25) is 0 Å². The summed E-state index contributed by atoms with van der Waals surface area (Å²) in [4.78, 5) is 27.2. The average molecular weight is 384 g/mol. The Balaban J connectivity index is 1.31. The van der Waals surface area contributed by atoms with Gasteiger partial charge in [0, 0.05) is 43.2 Å². The zero-order chi connectivity index (χ0) is 19.6. The molecule has 7 heteroatoms. The molecular formula is C22H20N6O. The first-order valence-corrected chi connectivity index (χ1v) is 9.75. The lowest BCUT2D eigenvalue weighted by Crippen LogP contribution is -2.38. The number of carbonyl (C=O) groups excluding carboxylic acids is 1. The second-order valence-corrected chi connectivity index (χ2v) is 7.21. The zero-order valence-corrected chi connectivity index (χ0v) is 15.8. The van der Waals surface area contributed by atoms with Crippen LogP contribution < -0.4 is 0 Å². The molecule has 3 aromatic heterocycles. The third-order valence-corrected chi connectivity index (χ3v) is 5.38. The predicted octanol–water partition coefficient (Wildman–Crippen LogP) is 3.21. The quantitative estimate of drug-likeness (QED) is 0.542. The second-order valence-electron chi connectivity index (χ2n) is 7.21. The van der Waals surface area contributed by atoms with Crippen LogP contribution in [0.2, 0.25) is 0 Å². The van der Waals surface area contributed by atoms with Gasteiger partial charge in [-0.25, -0.2) is 14.5 Å². The van der Waals surface area contributed by atoms with Crippen molar-refractivity contribution in [2.24, 2.45) is 0 Å². The van der Waals surface area contributed by atoms with E-state index in [1.165, 1.54) is 6.20 Å². The van der Waals surface area contributed by atoms with E-state index in [2.05, 4.69) is 28.2 Å². The molecule has 1 amide bonds. The maximum absolute atomic E-state index is 12.5. The molecule has 1 aliphatic rings. The Bertz CT molecular complexity index is 1130. The van der Waals surface area contributed by atoms with Crippen LogP contribution in [0.15, 0.2) is 67.3 Å². The van der Waals surface area contributed by atoms with E-state index in [-0.39, 0.29) is 11.8 Å². The number of piperidine rings is 1. The summed E-state index contributed by atoms with van der Waals surface area (Å²) in [5.74, 6) is 1.04. The van der Waals surface area contributed by atoms with Crippen molar-refractivity contribution in [1.29, 1.82) is 0 Å². The van der Waals surface area contributed by atoms with Gasteiger partial charge in [0.05, 0.1) is 6.20 Å². The smallest absolute Gasteiger partial charge is 0.274 e. The summed E-state index contributed by atoms with van der Waals surface area (Å²) in [6.07, 6.45) is 8.34. The van der Waals surface area contributed by atoms with Crippen molar-refractivity contribution < 1.29 is 4.79 Å². The molecule has 0 spiro atoms. The molecule has 4 heterocycles. The molecule has 1 aliphatic heterocycles. The number of benzene rings is 1. The maximum Gasteiger partial charge on any atom is 0.274 e. The van der Waals surface area contributed by atoms with Crippen LogP contribution in [-0.2, 0) is 0 Å². The van der Waals surface area contributed by atoms with Gasteiger partial charge in [-0.15, -0.1) is 0 Å². The van der Waals surface area contributed by atoms with Gasteiger partial charge < -0.3 is 4.90 Å². The minimum absolute atomic E-state index is 0.0630. The number of rotatable bonds is 3. The first-order chi connectivity index (χ1) is 14.3. The Morgan fingerprint density at radius 1 is 0.966 bits per heavy atom. The summed E-state index contributed by atoms with van der Waals surface area (Å²) in [5, 5.41) is 4.73. The lowest BCUT2D eigenvalue weighted by Gasteiger charge is -2.30. The van der Waals surface area contributed by atoms with E-state index in [0.717, 1.165) is 35.4 Å². The first kappa shape index (κ1) is 17.5. The van der Waals surface area contributed by atoms with Gasteiger partial charge in [-0.2, -0.15) is 5.10 Å². The molecule has 0 atom stereocenters. The topological polar surface area (TPSA) is 76.3 Å². The maximum atomic E-state index is 12.5. The third kappa shape index (κ3) is 3.47. The number of carbonyl (C=O) groups is 1. The van der Waals surface area contributed by atoms with Crippen LogP contribution in [0.3, 0.4) is 0 Å². The number of likely N-dealkylation sites (tertiary alicyclic amines) is 1. The monoisotopic (exact) mass is 384 g/mol. The van der Waals surface area contributed by atoms with Gasteiger partial charge in [0.1, 0.15) is 5.69 Å². The van der Waals surface area contributed by atoms with E-state index in [9.17, 15) is 4.79 Å². The summed E-state index contributed by atoms with van der Waals surface area (Å²) in [5.41, 5.74) is 3.50. The molecule has 144 valence electrons. The van der Waals surface area contributed by atoms with Crippen molar-refractivity contribution in [3.05, 3.63) is 78.8 Å². The summed E-state index contributed by atoms with van der Waals surface area (Å²) in [7, 11) is 0. The van der Waals surface area contributed by atoms with Gasteiger partial charge in [-0.05, 0) is 30.5 Å². The molecule has 0 N–H and O–H groups in total. The van der Waals surface area contributed by atoms with Gasteiger partial charge in [-0.1, -0.05) is 30.3 Å². The van der Waals surface area contributed by atoms with Crippen LogP contribution in [0.5, 0.6) is 0 Å². The van der Waals surface area contributed by atoms with Crippen LogP contribution in [0, 0.1) is 0 Å². The average Bonchev–Trinajstić information content (AvgIpc) is 3.23. The Morgan fingerprint density at radius 2 is 1.79 bits per heavy atom. The van der Waals surface area contributed by atoms with Crippen LogP contribution in [-0.4, -0.2) is 48.5 Å². The van der Waals surface area contributed by atoms with Crippen molar-refractivity contribution in [3.8, 4) is 11.1 Å². The molecule has 1 saturated heterocycles. The van der Waals surface area contributed by atoms with Crippen LogP contribution >= 0.6 is 0 Å². The molecule has 5 rings (SSSR count). The Labute approximate surface area is 168 Å². The lowest BCUT2D eigenvalue weighted by molar-refractivity contribution is 0.0704. The Kier molecular flexibility index (Phi) is 4.48. The number of pyridine rings is 1.